The van der Waals surface area contributed by atoms with Crippen molar-refractivity contribution in [3.8, 4) is 0 Å². The Balaban J connectivity index is 1.75. The van der Waals surface area contributed by atoms with Crippen molar-refractivity contribution in [1.29, 1.82) is 0 Å². The number of aryl methyl sites for hydroxylation is 1. The number of carbonyl (C=O) groups excluding carboxylic acids is 1. The third kappa shape index (κ3) is 1.92. The predicted octanol–water partition coefficient (Wildman–Crippen LogP) is 3.32. The molecule has 4 heteroatoms. The second-order valence-electron chi connectivity index (χ2n) is 5.46. The predicted molar refractivity (Wildman–Crippen MR) is 76.2 cm³/mol. The highest BCUT2D eigenvalue weighted by Crippen LogP contribution is 2.57. The number of fused-ring (bicyclic) bond motifs is 1. The first-order chi connectivity index (χ1) is 8.58. The molecule has 2 aliphatic carbocycles. The Morgan fingerprint density at radius 1 is 1.39 bits per heavy atom. The van der Waals surface area contributed by atoms with Crippen molar-refractivity contribution in [2.45, 2.75) is 26.2 Å². The zero-order valence-electron chi connectivity index (χ0n) is 10.4. The van der Waals surface area contributed by atoms with Gasteiger partial charge in [0.05, 0.1) is 11.4 Å². The molecule has 1 aromatic carbocycles. The van der Waals surface area contributed by atoms with Gasteiger partial charge in [-0.1, -0.05) is 22.4 Å². The second-order valence-corrected chi connectivity index (χ2v) is 6.37. The van der Waals surface area contributed by atoms with Crippen molar-refractivity contribution in [3.05, 3.63) is 22.2 Å². The van der Waals surface area contributed by atoms with Gasteiger partial charge in [-0.3, -0.25) is 4.79 Å². The lowest BCUT2D eigenvalue weighted by molar-refractivity contribution is -0.118. The first kappa shape index (κ1) is 12.0. The van der Waals surface area contributed by atoms with Crippen LogP contribution < -0.4 is 11.1 Å². The highest BCUT2D eigenvalue weighted by Gasteiger charge is 2.56. The Labute approximate surface area is 115 Å². The van der Waals surface area contributed by atoms with Crippen LogP contribution in [0.4, 0.5) is 11.4 Å². The molecule has 0 bridgehead atoms. The van der Waals surface area contributed by atoms with Crippen molar-refractivity contribution in [1.82, 2.24) is 0 Å². The summed E-state index contributed by atoms with van der Waals surface area (Å²) in [5, 5.41) is 2.99. The maximum atomic E-state index is 12.2. The summed E-state index contributed by atoms with van der Waals surface area (Å²) in [6.07, 6.45) is 3.72. The minimum atomic E-state index is 0.147. The van der Waals surface area contributed by atoms with Crippen LogP contribution >= 0.6 is 15.9 Å². The Kier molecular flexibility index (Phi) is 2.85. The summed E-state index contributed by atoms with van der Waals surface area (Å²) in [6, 6.07) is 3.83. The van der Waals surface area contributed by atoms with Gasteiger partial charge in [0.15, 0.2) is 0 Å². The number of halogens is 1. The lowest BCUT2D eigenvalue weighted by Gasteiger charge is -2.12. The highest BCUT2D eigenvalue weighted by molar-refractivity contribution is 9.10. The van der Waals surface area contributed by atoms with Crippen LogP contribution in [-0.4, -0.2) is 5.91 Å². The van der Waals surface area contributed by atoms with Gasteiger partial charge >= 0.3 is 0 Å². The zero-order chi connectivity index (χ0) is 12.9. The summed E-state index contributed by atoms with van der Waals surface area (Å²) in [4.78, 5) is 12.2. The summed E-state index contributed by atoms with van der Waals surface area (Å²) in [7, 11) is 0. The molecule has 2 unspecified atom stereocenters. The van der Waals surface area contributed by atoms with Crippen molar-refractivity contribution in [2.24, 2.45) is 17.8 Å². The second kappa shape index (κ2) is 4.26. The van der Waals surface area contributed by atoms with E-state index in [0.717, 1.165) is 15.7 Å². The number of benzene rings is 1. The fourth-order valence-electron chi connectivity index (χ4n) is 3.28. The summed E-state index contributed by atoms with van der Waals surface area (Å²) in [5.41, 5.74) is 8.38. The van der Waals surface area contributed by atoms with Gasteiger partial charge in [-0.2, -0.15) is 0 Å². The van der Waals surface area contributed by atoms with Crippen LogP contribution in [0.5, 0.6) is 0 Å². The molecule has 0 saturated heterocycles. The topological polar surface area (TPSA) is 55.1 Å². The summed E-state index contributed by atoms with van der Waals surface area (Å²) in [6.45, 7) is 1.95. The van der Waals surface area contributed by atoms with Gasteiger partial charge < -0.3 is 11.1 Å². The van der Waals surface area contributed by atoms with E-state index in [9.17, 15) is 4.79 Å². The van der Waals surface area contributed by atoms with Crippen molar-refractivity contribution >= 4 is 33.2 Å². The maximum absolute atomic E-state index is 12.2. The zero-order valence-corrected chi connectivity index (χ0v) is 12.0. The molecule has 3 nitrogen and oxygen atoms in total. The number of nitrogen functional groups attached to an aromatic ring is 1. The third-order valence-electron chi connectivity index (χ3n) is 4.32. The molecular weight excluding hydrogens is 292 g/mol. The van der Waals surface area contributed by atoms with Crippen molar-refractivity contribution < 1.29 is 4.79 Å². The quantitative estimate of drug-likeness (QED) is 0.823. The number of carbonyl (C=O) groups is 1. The minimum absolute atomic E-state index is 0.147. The molecule has 0 radical (unpaired) electrons. The van der Waals surface area contributed by atoms with Crippen molar-refractivity contribution in [3.63, 3.8) is 0 Å². The number of rotatable bonds is 2. The number of anilines is 2. The summed E-state index contributed by atoms with van der Waals surface area (Å²) >= 11 is 3.43. The number of nitrogens with two attached hydrogens (primary N) is 1. The molecule has 0 aliphatic heterocycles. The molecule has 2 fully saturated rings. The van der Waals surface area contributed by atoms with Gasteiger partial charge in [0, 0.05) is 10.4 Å². The van der Waals surface area contributed by atoms with Gasteiger partial charge in [0.1, 0.15) is 0 Å². The molecule has 96 valence electrons. The molecule has 1 aromatic rings. The summed E-state index contributed by atoms with van der Waals surface area (Å²) < 4.78 is 0.945. The van der Waals surface area contributed by atoms with E-state index in [-0.39, 0.29) is 11.8 Å². The molecule has 0 spiro atoms. The Hall–Kier alpha value is -1.03. The van der Waals surface area contributed by atoms with Gasteiger partial charge in [-0.05, 0) is 49.3 Å². The van der Waals surface area contributed by atoms with Crippen LogP contribution in [0.25, 0.3) is 0 Å². The Morgan fingerprint density at radius 3 is 2.72 bits per heavy atom. The first-order valence-electron chi connectivity index (χ1n) is 6.44. The SMILES string of the molecule is Cc1cc(Br)cc(NC(=O)C2C3CCCC32)c1N. The smallest absolute Gasteiger partial charge is 0.228 e. The minimum Gasteiger partial charge on any atom is -0.397 e. The molecular formula is C14H17BrN2O. The molecule has 1 amide bonds. The standard InChI is InChI=1S/C14H17BrN2O/c1-7-5-8(15)6-11(13(7)16)17-14(18)12-9-3-2-4-10(9)12/h5-6,9-10,12H,2-4,16H2,1H3,(H,17,18). The number of hydrogen-bond acceptors (Lipinski definition) is 2. The fourth-order valence-corrected chi connectivity index (χ4v) is 3.86. The average molecular weight is 309 g/mol. The Bertz CT molecular complexity index is 505. The van der Waals surface area contributed by atoms with Crippen LogP contribution in [0, 0.1) is 24.7 Å². The van der Waals surface area contributed by atoms with Gasteiger partial charge in [0.2, 0.25) is 5.91 Å². The molecule has 3 N–H and O–H groups in total. The van der Waals surface area contributed by atoms with Crippen LogP contribution in [0.2, 0.25) is 0 Å². The van der Waals surface area contributed by atoms with E-state index < -0.39 is 0 Å². The fraction of sp³-hybridized carbons (Fsp3) is 0.500. The molecule has 3 rings (SSSR count). The molecule has 0 heterocycles. The van der Waals surface area contributed by atoms with Crippen molar-refractivity contribution in [2.75, 3.05) is 11.1 Å². The van der Waals surface area contributed by atoms with Crippen LogP contribution in [-0.2, 0) is 4.79 Å². The molecule has 18 heavy (non-hydrogen) atoms. The van der Waals surface area contributed by atoms with E-state index in [2.05, 4.69) is 21.2 Å². The normalized spacial score (nSPS) is 28.9. The number of nitrogens with one attached hydrogen (secondary N) is 1. The lowest BCUT2D eigenvalue weighted by atomic mass is 10.1. The highest BCUT2D eigenvalue weighted by atomic mass is 79.9. The monoisotopic (exact) mass is 308 g/mol. The average Bonchev–Trinajstić information content (AvgIpc) is 2.80. The van der Waals surface area contributed by atoms with E-state index in [0.29, 0.717) is 17.5 Å². The van der Waals surface area contributed by atoms with E-state index in [1.807, 2.05) is 19.1 Å². The maximum Gasteiger partial charge on any atom is 0.228 e. The Morgan fingerprint density at radius 2 is 2.06 bits per heavy atom. The van der Waals surface area contributed by atoms with Gasteiger partial charge in [-0.25, -0.2) is 0 Å². The van der Waals surface area contributed by atoms with Gasteiger partial charge in [-0.15, -0.1) is 0 Å². The summed E-state index contributed by atoms with van der Waals surface area (Å²) in [5.74, 6) is 1.66. The van der Waals surface area contributed by atoms with Crippen LogP contribution in [0.15, 0.2) is 16.6 Å². The number of amides is 1. The molecule has 2 atom stereocenters. The largest absolute Gasteiger partial charge is 0.397 e. The lowest BCUT2D eigenvalue weighted by Crippen LogP contribution is -2.17. The van der Waals surface area contributed by atoms with Crippen LogP contribution in [0.3, 0.4) is 0 Å². The van der Waals surface area contributed by atoms with Crippen LogP contribution in [0.1, 0.15) is 24.8 Å². The van der Waals surface area contributed by atoms with E-state index in [1.54, 1.807) is 0 Å². The first-order valence-corrected chi connectivity index (χ1v) is 7.23. The van der Waals surface area contributed by atoms with Gasteiger partial charge in [0.25, 0.3) is 0 Å². The molecule has 2 aliphatic rings. The van der Waals surface area contributed by atoms with E-state index >= 15 is 0 Å². The molecule has 2 saturated carbocycles. The third-order valence-corrected chi connectivity index (χ3v) is 4.78. The van der Waals surface area contributed by atoms with E-state index in [1.165, 1.54) is 19.3 Å². The molecule has 0 aromatic heterocycles. The van der Waals surface area contributed by atoms with E-state index in [4.69, 9.17) is 5.73 Å². The number of hydrogen-bond donors (Lipinski definition) is 2.